The van der Waals surface area contributed by atoms with Crippen molar-refractivity contribution >= 4 is 5.91 Å². The minimum absolute atomic E-state index is 0.0749. The lowest BCUT2D eigenvalue weighted by atomic mass is 10.0. The van der Waals surface area contributed by atoms with Gasteiger partial charge in [0.25, 0.3) is 5.91 Å². The molecule has 1 atom stereocenters. The van der Waals surface area contributed by atoms with Crippen LogP contribution >= 0.6 is 0 Å². The first-order valence-corrected chi connectivity index (χ1v) is 9.07. The molecule has 1 fully saturated rings. The van der Waals surface area contributed by atoms with Gasteiger partial charge < -0.3 is 9.64 Å². The Morgan fingerprint density at radius 1 is 1.15 bits per heavy atom. The second-order valence-electron chi connectivity index (χ2n) is 6.97. The smallest absolute Gasteiger partial charge is 0.272 e. The molecule has 7 heteroatoms. The first-order chi connectivity index (χ1) is 13.0. The molecule has 0 saturated carbocycles. The number of hydrogen-bond acceptors (Lipinski definition) is 4. The van der Waals surface area contributed by atoms with E-state index in [4.69, 9.17) is 4.74 Å². The van der Waals surface area contributed by atoms with Crippen molar-refractivity contribution in [2.45, 2.75) is 26.8 Å². The zero-order valence-electron chi connectivity index (χ0n) is 15.7. The average molecular weight is 365 g/mol. The first kappa shape index (κ1) is 17.5. The number of nitrogens with one attached hydrogen (secondary N) is 2. The lowest BCUT2D eigenvalue weighted by molar-refractivity contribution is -0.00332. The van der Waals surface area contributed by atoms with Crippen LogP contribution < -0.4 is 0 Å². The minimum atomic E-state index is -0.156. The van der Waals surface area contributed by atoms with Gasteiger partial charge in [0, 0.05) is 23.4 Å². The summed E-state index contributed by atoms with van der Waals surface area (Å²) in [5.74, 6) is -0.0749. The van der Waals surface area contributed by atoms with Crippen LogP contribution in [-0.4, -0.2) is 51.0 Å². The van der Waals surface area contributed by atoms with Crippen molar-refractivity contribution in [1.29, 1.82) is 0 Å². The van der Waals surface area contributed by atoms with E-state index in [0.29, 0.717) is 25.5 Å². The fourth-order valence-electron chi connectivity index (χ4n) is 3.59. The number of morpholine rings is 1. The molecule has 0 bridgehead atoms. The summed E-state index contributed by atoms with van der Waals surface area (Å²) >= 11 is 0. The van der Waals surface area contributed by atoms with E-state index in [9.17, 15) is 4.79 Å². The second kappa shape index (κ2) is 7.00. The maximum atomic E-state index is 13.2. The Morgan fingerprint density at radius 2 is 1.93 bits per heavy atom. The number of ether oxygens (including phenoxy) is 1. The fraction of sp³-hybridized carbons (Fsp3) is 0.350. The van der Waals surface area contributed by atoms with E-state index in [0.717, 1.165) is 28.2 Å². The quantitative estimate of drug-likeness (QED) is 0.747. The van der Waals surface area contributed by atoms with Gasteiger partial charge in [0.05, 0.1) is 30.6 Å². The number of carbonyl (C=O) groups excluding carboxylic acids is 1. The van der Waals surface area contributed by atoms with Crippen molar-refractivity contribution in [3.8, 4) is 11.3 Å². The zero-order valence-corrected chi connectivity index (χ0v) is 15.7. The summed E-state index contributed by atoms with van der Waals surface area (Å²) < 4.78 is 5.66. The molecule has 4 rings (SSSR count). The third-order valence-electron chi connectivity index (χ3n) is 5.06. The first-order valence-electron chi connectivity index (χ1n) is 9.07. The highest BCUT2D eigenvalue weighted by Crippen LogP contribution is 2.30. The summed E-state index contributed by atoms with van der Waals surface area (Å²) in [5, 5.41) is 14.5. The number of carbonyl (C=O) groups is 1. The highest BCUT2D eigenvalue weighted by molar-refractivity contribution is 5.93. The summed E-state index contributed by atoms with van der Waals surface area (Å²) in [6.07, 6.45) is 0. The van der Waals surface area contributed by atoms with Gasteiger partial charge in [0.1, 0.15) is 5.69 Å². The minimum Gasteiger partial charge on any atom is -0.377 e. The normalized spacial score (nSPS) is 17.3. The van der Waals surface area contributed by atoms with Gasteiger partial charge in [-0.05, 0) is 26.8 Å². The number of hydrogen-bond donors (Lipinski definition) is 2. The van der Waals surface area contributed by atoms with Crippen LogP contribution in [0.2, 0.25) is 0 Å². The Bertz CT molecular complexity index is 938. The van der Waals surface area contributed by atoms with E-state index in [1.54, 1.807) is 0 Å². The highest BCUT2D eigenvalue weighted by Gasteiger charge is 2.33. The fourth-order valence-corrected chi connectivity index (χ4v) is 3.59. The van der Waals surface area contributed by atoms with Crippen LogP contribution in [0.1, 0.15) is 39.0 Å². The number of aromatic nitrogens is 4. The van der Waals surface area contributed by atoms with E-state index in [1.807, 2.05) is 56.0 Å². The van der Waals surface area contributed by atoms with Gasteiger partial charge in [0.15, 0.2) is 0 Å². The summed E-state index contributed by atoms with van der Waals surface area (Å²) in [6, 6.07) is 9.75. The van der Waals surface area contributed by atoms with E-state index in [2.05, 4.69) is 20.4 Å². The molecule has 1 aliphatic heterocycles. The molecule has 0 aliphatic carbocycles. The lowest BCUT2D eigenvalue weighted by Gasteiger charge is -2.35. The molecule has 1 aliphatic rings. The van der Waals surface area contributed by atoms with Crippen LogP contribution in [0.3, 0.4) is 0 Å². The van der Waals surface area contributed by atoms with Gasteiger partial charge >= 0.3 is 0 Å². The molecule has 3 heterocycles. The van der Waals surface area contributed by atoms with Crippen LogP contribution in [0.4, 0.5) is 0 Å². The standard InChI is InChI=1S/C20H23N5O2/c1-12-4-6-15(7-5-12)16-10-17(24-23-16)20(26)25-8-9-27-11-18(25)19-13(2)21-22-14(19)3/h4-7,10,18H,8-9,11H2,1-3H3,(H,21,22)(H,23,24). The van der Waals surface area contributed by atoms with Crippen LogP contribution in [-0.2, 0) is 4.74 Å². The number of amides is 1. The average Bonchev–Trinajstić information content (AvgIpc) is 3.29. The Morgan fingerprint density at radius 3 is 2.63 bits per heavy atom. The van der Waals surface area contributed by atoms with Crippen LogP contribution in [0, 0.1) is 20.8 Å². The van der Waals surface area contributed by atoms with Gasteiger partial charge in [-0.15, -0.1) is 0 Å². The number of rotatable bonds is 3. The summed E-state index contributed by atoms with van der Waals surface area (Å²) in [6.45, 7) is 7.48. The lowest BCUT2D eigenvalue weighted by Crippen LogP contribution is -2.44. The molecule has 1 amide bonds. The van der Waals surface area contributed by atoms with Gasteiger partial charge in [-0.2, -0.15) is 10.2 Å². The molecule has 2 aromatic heterocycles. The molecule has 1 aromatic carbocycles. The van der Waals surface area contributed by atoms with Crippen molar-refractivity contribution in [2.75, 3.05) is 19.8 Å². The molecule has 1 unspecified atom stereocenters. The molecule has 140 valence electrons. The van der Waals surface area contributed by atoms with Gasteiger partial charge in [-0.1, -0.05) is 29.8 Å². The second-order valence-corrected chi connectivity index (χ2v) is 6.97. The predicted octanol–water partition coefficient (Wildman–Crippen LogP) is 2.94. The van der Waals surface area contributed by atoms with Gasteiger partial charge in [-0.3, -0.25) is 15.0 Å². The molecule has 7 nitrogen and oxygen atoms in total. The molecular weight excluding hydrogens is 342 g/mol. The maximum Gasteiger partial charge on any atom is 0.272 e. The largest absolute Gasteiger partial charge is 0.377 e. The number of aromatic amines is 2. The van der Waals surface area contributed by atoms with Crippen molar-refractivity contribution in [2.24, 2.45) is 0 Å². The number of nitrogens with zero attached hydrogens (tertiary/aromatic N) is 3. The van der Waals surface area contributed by atoms with Crippen molar-refractivity contribution in [3.05, 3.63) is 58.5 Å². The van der Waals surface area contributed by atoms with Crippen molar-refractivity contribution in [1.82, 2.24) is 25.3 Å². The molecular formula is C20H23N5O2. The van der Waals surface area contributed by atoms with Gasteiger partial charge in [-0.25, -0.2) is 0 Å². The van der Waals surface area contributed by atoms with E-state index >= 15 is 0 Å². The summed E-state index contributed by atoms with van der Waals surface area (Å²) in [5.41, 5.74) is 6.30. The van der Waals surface area contributed by atoms with Crippen molar-refractivity contribution < 1.29 is 9.53 Å². The van der Waals surface area contributed by atoms with E-state index < -0.39 is 0 Å². The highest BCUT2D eigenvalue weighted by atomic mass is 16.5. The van der Waals surface area contributed by atoms with Crippen molar-refractivity contribution in [3.63, 3.8) is 0 Å². The Kier molecular flexibility index (Phi) is 4.53. The Labute approximate surface area is 157 Å². The molecule has 1 saturated heterocycles. The molecule has 3 aromatic rings. The third-order valence-corrected chi connectivity index (χ3v) is 5.06. The molecule has 0 spiro atoms. The number of benzene rings is 1. The van der Waals surface area contributed by atoms with Crippen LogP contribution in [0.5, 0.6) is 0 Å². The van der Waals surface area contributed by atoms with Gasteiger partial charge in [0.2, 0.25) is 0 Å². The predicted molar refractivity (Wildman–Crippen MR) is 101 cm³/mol. The Balaban J connectivity index is 1.62. The van der Waals surface area contributed by atoms with Crippen LogP contribution in [0.25, 0.3) is 11.3 Å². The third kappa shape index (κ3) is 3.26. The molecule has 0 radical (unpaired) electrons. The SMILES string of the molecule is Cc1ccc(-c2cc(C(=O)N3CCOCC3c3c(C)n[nH]c3C)[nH]n2)cc1. The molecule has 2 N–H and O–H groups in total. The molecule has 27 heavy (non-hydrogen) atoms. The number of aryl methyl sites for hydroxylation is 3. The summed E-state index contributed by atoms with van der Waals surface area (Å²) in [7, 11) is 0. The monoisotopic (exact) mass is 365 g/mol. The zero-order chi connectivity index (χ0) is 19.0. The van der Waals surface area contributed by atoms with E-state index in [-0.39, 0.29) is 11.9 Å². The maximum absolute atomic E-state index is 13.2. The van der Waals surface area contributed by atoms with E-state index in [1.165, 1.54) is 5.56 Å². The number of H-pyrrole nitrogens is 2. The topological polar surface area (TPSA) is 86.9 Å². The summed E-state index contributed by atoms with van der Waals surface area (Å²) in [4.78, 5) is 15.0. The Hall–Kier alpha value is -2.93. The van der Waals surface area contributed by atoms with Crippen LogP contribution in [0.15, 0.2) is 30.3 Å².